The number of amides is 1. The molecular formula is C27H23NO5. The Balaban J connectivity index is 1.84. The van der Waals surface area contributed by atoms with Crippen LogP contribution in [0.2, 0.25) is 0 Å². The number of rotatable bonds is 5. The summed E-state index contributed by atoms with van der Waals surface area (Å²) in [4.78, 5) is 39.5. The molecule has 3 aromatic rings. The lowest BCUT2D eigenvalue weighted by Gasteiger charge is -2.25. The third-order valence-electron chi connectivity index (χ3n) is 5.71. The zero-order chi connectivity index (χ0) is 23.5. The molecule has 0 aromatic heterocycles. The van der Waals surface area contributed by atoms with Crippen LogP contribution < -0.4 is 0 Å². The first-order valence-electron chi connectivity index (χ1n) is 10.5. The Morgan fingerprint density at radius 2 is 1.52 bits per heavy atom. The first kappa shape index (κ1) is 22.0. The van der Waals surface area contributed by atoms with E-state index in [1.54, 1.807) is 36.4 Å². The van der Waals surface area contributed by atoms with Crippen molar-refractivity contribution in [2.45, 2.75) is 19.5 Å². The van der Waals surface area contributed by atoms with Crippen LogP contribution in [0, 0.1) is 6.92 Å². The van der Waals surface area contributed by atoms with Crippen LogP contribution in [-0.4, -0.2) is 34.8 Å². The molecule has 4 rings (SSSR count). The fourth-order valence-corrected chi connectivity index (χ4v) is 3.96. The van der Waals surface area contributed by atoms with Crippen LogP contribution >= 0.6 is 0 Å². The number of benzene rings is 3. The van der Waals surface area contributed by atoms with Gasteiger partial charge in [0.05, 0.1) is 24.3 Å². The molecule has 1 heterocycles. The zero-order valence-electron chi connectivity index (χ0n) is 18.3. The first-order valence-corrected chi connectivity index (χ1v) is 10.5. The van der Waals surface area contributed by atoms with Gasteiger partial charge >= 0.3 is 5.97 Å². The molecule has 3 aromatic carbocycles. The number of aliphatic hydroxyl groups is 1. The van der Waals surface area contributed by atoms with Gasteiger partial charge in [0.25, 0.3) is 11.7 Å². The summed E-state index contributed by atoms with van der Waals surface area (Å²) in [6.45, 7) is 2.12. The van der Waals surface area contributed by atoms with E-state index in [2.05, 4.69) is 0 Å². The van der Waals surface area contributed by atoms with Gasteiger partial charge in [-0.1, -0.05) is 72.3 Å². The Morgan fingerprint density at radius 3 is 2.12 bits per heavy atom. The second-order valence-electron chi connectivity index (χ2n) is 7.89. The average molecular weight is 441 g/mol. The SMILES string of the molecule is COC(=O)c1ccc(C2C(=C(O)c3ccc(C)cc3)C(=O)C(=O)N2Cc2ccccc2)cc1. The molecule has 1 unspecified atom stereocenters. The van der Waals surface area contributed by atoms with E-state index in [-0.39, 0.29) is 17.9 Å². The lowest BCUT2D eigenvalue weighted by atomic mass is 9.94. The maximum absolute atomic E-state index is 13.1. The van der Waals surface area contributed by atoms with E-state index in [0.717, 1.165) is 11.1 Å². The van der Waals surface area contributed by atoms with Gasteiger partial charge in [0, 0.05) is 12.1 Å². The highest BCUT2D eigenvalue weighted by atomic mass is 16.5. The summed E-state index contributed by atoms with van der Waals surface area (Å²) in [5.74, 6) is -2.15. The standard InChI is InChI=1S/C27H23NO5/c1-17-8-10-20(11-9-17)24(29)22-23(19-12-14-21(15-13-19)27(32)33-2)28(26(31)25(22)30)16-18-6-4-3-5-7-18/h3-15,23,29H,16H2,1-2H3. The maximum atomic E-state index is 13.1. The lowest BCUT2D eigenvalue weighted by molar-refractivity contribution is -0.140. The topological polar surface area (TPSA) is 83.9 Å². The quantitative estimate of drug-likeness (QED) is 0.275. The van der Waals surface area contributed by atoms with E-state index in [9.17, 15) is 19.5 Å². The van der Waals surface area contributed by atoms with Crippen LogP contribution in [0.15, 0.2) is 84.4 Å². The minimum absolute atomic E-state index is 0.0191. The largest absolute Gasteiger partial charge is 0.507 e. The number of aliphatic hydroxyl groups excluding tert-OH is 1. The van der Waals surface area contributed by atoms with Crippen LogP contribution in [0.4, 0.5) is 0 Å². The van der Waals surface area contributed by atoms with Crippen LogP contribution in [0.5, 0.6) is 0 Å². The molecule has 0 bridgehead atoms. The third kappa shape index (κ3) is 4.28. The van der Waals surface area contributed by atoms with Gasteiger partial charge in [-0.3, -0.25) is 9.59 Å². The van der Waals surface area contributed by atoms with E-state index < -0.39 is 23.7 Å². The molecule has 1 aliphatic heterocycles. The Kier molecular flexibility index (Phi) is 6.09. The molecule has 6 heteroatoms. The zero-order valence-corrected chi connectivity index (χ0v) is 18.3. The summed E-state index contributed by atoms with van der Waals surface area (Å²) in [7, 11) is 1.30. The molecule has 1 aliphatic rings. The van der Waals surface area contributed by atoms with Gasteiger partial charge in [0.15, 0.2) is 0 Å². The van der Waals surface area contributed by atoms with Crippen molar-refractivity contribution in [2.24, 2.45) is 0 Å². The van der Waals surface area contributed by atoms with Crippen molar-refractivity contribution in [1.82, 2.24) is 4.90 Å². The monoisotopic (exact) mass is 441 g/mol. The van der Waals surface area contributed by atoms with E-state index in [1.807, 2.05) is 49.4 Å². The smallest absolute Gasteiger partial charge is 0.337 e. The molecular weight excluding hydrogens is 418 g/mol. The van der Waals surface area contributed by atoms with Crippen LogP contribution in [-0.2, 0) is 20.9 Å². The molecule has 1 saturated heterocycles. The molecule has 0 saturated carbocycles. The molecule has 1 fully saturated rings. The van der Waals surface area contributed by atoms with Crippen molar-refractivity contribution in [3.8, 4) is 0 Å². The van der Waals surface area contributed by atoms with Crippen LogP contribution in [0.3, 0.4) is 0 Å². The van der Waals surface area contributed by atoms with Crippen molar-refractivity contribution in [3.63, 3.8) is 0 Å². The number of Topliss-reactive ketones (excluding diaryl/α,β-unsaturated/α-hetero) is 1. The molecule has 166 valence electrons. The van der Waals surface area contributed by atoms with Gasteiger partial charge in [-0.05, 0) is 30.2 Å². The number of carbonyl (C=O) groups excluding carboxylic acids is 3. The molecule has 1 atom stereocenters. The van der Waals surface area contributed by atoms with Gasteiger partial charge in [-0.2, -0.15) is 0 Å². The summed E-state index contributed by atoms with van der Waals surface area (Å²) >= 11 is 0. The van der Waals surface area contributed by atoms with Gasteiger partial charge in [0.1, 0.15) is 5.76 Å². The Hall–Kier alpha value is -4.19. The molecule has 6 nitrogen and oxygen atoms in total. The third-order valence-corrected chi connectivity index (χ3v) is 5.71. The highest BCUT2D eigenvalue weighted by molar-refractivity contribution is 6.46. The molecule has 0 spiro atoms. The number of nitrogens with zero attached hydrogens (tertiary/aromatic N) is 1. The second kappa shape index (κ2) is 9.12. The molecule has 0 radical (unpaired) electrons. The second-order valence-corrected chi connectivity index (χ2v) is 7.89. The van der Waals surface area contributed by atoms with Gasteiger partial charge in [0.2, 0.25) is 0 Å². The molecule has 1 amide bonds. The predicted molar refractivity (Wildman–Crippen MR) is 123 cm³/mol. The number of ketones is 1. The van der Waals surface area contributed by atoms with Crippen molar-refractivity contribution in [3.05, 3.63) is 112 Å². The number of methoxy groups -OCH3 is 1. The van der Waals surface area contributed by atoms with Gasteiger partial charge < -0.3 is 14.7 Å². The molecule has 33 heavy (non-hydrogen) atoms. The van der Waals surface area contributed by atoms with E-state index in [1.165, 1.54) is 12.0 Å². The van der Waals surface area contributed by atoms with E-state index in [0.29, 0.717) is 16.7 Å². The highest BCUT2D eigenvalue weighted by Crippen LogP contribution is 2.40. The number of ether oxygens (including phenoxy) is 1. The maximum Gasteiger partial charge on any atom is 0.337 e. The Bertz CT molecular complexity index is 1230. The number of carbonyl (C=O) groups is 3. The van der Waals surface area contributed by atoms with Gasteiger partial charge in [-0.15, -0.1) is 0 Å². The summed E-state index contributed by atoms with van der Waals surface area (Å²) in [6, 6.07) is 22.1. The van der Waals surface area contributed by atoms with E-state index in [4.69, 9.17) is 4.74 Å². The van der Waals surface area contributed by atoms with Crippen molar-refractivity contribution >= 4 is 23.4 Å². The highest BCUT2D eigenvalue weighted by Gasteiger charge is 2.46. The predicted octanol–water partition coefficient (Wildman–Crippen LogP) is 4.40. The fourth-order valence-electron chi connectivity index (χ4n) is 3.96. The van der Waals surface area contributed by atoms with Crippen molar-refractivity contribution < 1.29 is 24.2 Å². The normalized spacial score (nSPS) is 17.3. The summed E-state index contributed by atoms with van der Waals surface area (Å²) in [6.07, 6.45) is 0. The fraction of sp³-hybridized carbons (Fsp3) is 0.148. The van der Waals surface area contributed by atoms with E-state index >= 15 is 0 Å². The Labute approximate surface area is 191 Å². The lowest BCUT2D eigenvalue weighted by Crippen LogP contribution is -2.29. The molecule has 0 aliphatic carbocycles. The number of aryl methyl sites for hydroxylation is 1. The van der Waals surface area contributed by atoms with Crippen LogP contribution in [0.25, 0.3) is 5.76 Å². The van der Waals surface area contributed by atoms with Crippen molar-refractivity contribution in [2.75, 3.05) is 7.11 Å². The number of hydrogen-bond acceptors (Lipinski definition) is 5. The number of hydrogen-bond donors (Lipinski definition) is 1. The summed E-state index contributed by atoms with van der Waals surface area (Å²) in [5, 5.41) is 11.1. The number of esters is 1. The summed E-state index contributed by atoms with van der Waals surface area (Å²) < 4.78 is 4.76. The molecule has 1 N–H and O–H groups in total. The average Bonchev–Trinajstić information content (AvgIpc) is 3.09. The minimum atomic E-state index is -0.807. The first-order chi connectivity index (χ1) is 15.9. The number of likely N-dealkylation sites (tertiary alicyclic amines) is 1. The summed E-state index contributed by atoms with van der Waals surface area (Å²) in [5.41, 5.74) is 3.28. The van der Waals surface area contributed by atoms with Gasteiger partial charge in [-0.25, -0.2) is 4.79 Å². The minimum Gasteiger partial charge on any atom is -0.507 e. The van der Waals surface area contributed by atoms with Crippen molar-refractivity contribution in [1.29, 1.82) is 0 Å². The van der Waals surface area contributed by atoms with Crippen LogP contribution in [0.1, 0.15) is 38.7 Å². The Morgan fingerprint density at radius 1 is 0.909 bits per heavy atom.